The fourth-order valence-electron chi connectivity index (χ4n) is 2.70. The van der Waals surface area contributed by atoms with Crippen LogP contribution in [0.4, 0.5) is 11.4 Å². The normalized spacial score (nSPS) is 19.4. The predicted molar refractivity (Wildman–Crippen MR) is 69.0 cm³/mol. The first-order valence-corrected chi connectivity index (χ1v) is 6.42. The second kappa shape index (κ2) is 4.49. The van der Waals surface area contributed by atoms with Crippen LogP contribution in [0.25, 0.3) is 0 Å². The van der Waals surface area contributed by atoms with Gasteiger partial charge in [0.15, 0.2) is 0 Å². The molecule has 0 radical (unpaired) electrons. The van der Waals surface area contributed by atoms with Gasteiger partial charge in [0.05, 0.1) is 17.4 Å². The van der Waals surface area contributed by atoms with Gasteiger partial charge < -0.3 is 5.73 Å². The van der Waals surface area contributed by atoms with Gasteiger partial charge in [0.1, 0.15) is 0 Å². The third-order valence-electron chi connectivity index (χ3n) is 3.68. The predicted octanol–water partition coefficient (Wildman–Crippen LogP) is 2.20. The number of hydrogen-bond donors (Lipinski definition) is 2. The van der Waals surface area contributed by atoms with Crippen LogP contribution in [-0.4, -0.2) is 11.9 Å². The molecule has 1 heterocycles. The van der Waals surface area contributed by atoms with Crippen molar-refractivity contribution in [2.45, 2.75) is 38.1 Å². The number of benzene rings is 1. The molecule has 0 unspecified atom stereocenters. The molecule has 3 rings (SSSR count). The quantitative estimate of drug-likeness (QED) is 0.840. The molecule has 0 spiro atoms. The summed E-state index contributed by atoms with van der Waals surface area (Å²) in [5.41, 5.74) is 10.4. The van der Waals surface area contributed by atoms with Crippen LogP contribution in [0.1, 0.15) is 42.5 Å². The third-order valence-corrected chi connectivity index (χ3v) is 3.68. The Balaban J connectivity index is 1.85. The number of nitrogens with two attached hydrogens (primary N) is 1. The van der Waals surface area contributed by atoms with E-state index >= 15 is 0 Å². The number of hydroxylamine groups is 1. The van der Waals surface area contributed by atoms with Crippen LogP contribution in [-0.2, 0) is 4.94 Å². The Hall–Kier alpha value is -1.75. The number of fused-ring (bicyclic) bond motifs is 1. The van der Waals surface area contributed by atoms with Crippen molar-refractivity contribution in [3.8, 4) is 0 Å². The minimum absolute atomic E-state index is 0.421. The lowest BCUT2D eigenvalue weighted by molar-refractivity contribution is 0.100. The number of anilines is 2. The molecular weight excluding hydrogens is 230 g/mol. The fraction of sp³-hybridized carbons (Fsp3) is 0.462. The molecule has 18 heavy (non-hydrogen) atoms. The number of nitrogens with zero attached hydrogens (tertiary/aromatic N) is 1. The lowest BCUT2D eigenvalue weighted by Crippen LogP contribution is -2.34. The maximum atomic E-state index is 11.1. The Bertz CT molecular complexity index is 469. The second-order valence-electron chi connectivity index (χ2n) is 4.91. The van der Waals surface area contributed by atoms with Crippen molar-refractivity contribution in [3.63, 3.8) is 0 Å². The van der Waals surface area contributed by atoms with E-state index in [9.17, 15) is 4.79 Å². The van der Waals surface area contributed by atoms with Gasteiger partial charge in [-0.2, -0.15) is 4.94 Å². The molecule has 5 heteroatoms. The zero-order valence-corrected chi connectivity index (χ0v) is 10.2. The van der Waals surface area contributed by atoms with E-state index in [2.05, 4.69) is 5.48 Å². The summed E-state index contributed by atoms with van der Waals surface area (Å²) in [6, 6.07) is 5.80. The summed E-state index contributed by atoms with van der Waals surface area (Å²) in [6.07, 6.45) is 6.11. The molecule has 1 aromatic rings. The van der Waals surface area contributed by atoms with E-state index in [0.29, 0.717) is 11.6 Å². The van der Waals surface area contributed by atoms with Gasteiger partial charge in [-0.05, 0) is 31.0 Å². The van der Waals surface area contributed by atoms with E-state index < -0.39 is 5.91 Å². The topological polar surface area (TPSA) is 67.6 Å². The van der Waals surface area contributed by atoms with E-state index in [-0.39, 0.29) is 0 Å². The van der Waals surface area contributed by atoms with E-state index in [1.165, 1.54) is 19.3 Å². The SMILES string of the molecule is NC(=O)c1ccc2c(c1)NON2C1CCCCC1. The second-order valence-corrected chi connectivity index (χ2v) is 4.91. The molecule has 0 saturated heterocycles. The number of rotatable bonds is 2. The summed E-state index contributed by atoms with van der Waals surface area (Å²) in [5, 5.41) is 1.93. The summed E-state index contributed by atoms with van der Waals surface area (Å²) < 4.78 is 0. The van der Waals surface area contributed by atoms with Crippen LogP contribution < -0.4 is 16.3 Å². The van der Waals surface area contributed by atoms with E-state index in [0.717, 1.165) is 24.2 Å². The van der Waals surface area contributed by atoms with Gasteiger partial charge in [0, 0.05) is 5.56 Å². The molecule has 1 fully saturated rings. The standard InChI is InChI=1S/C13H17N3O2/c14-13(17)9-6-7-12-11(8-9)15-18-16(12)10-4-2-1-3-5-10/h6-8,10,15H,1-5H2,(H2,14,17). The molecule has 0 bridgehead atoms. The Morgan fingerprint density at radius 1 is 1.33 bits per heavy atom. The molecule has 1 amide bonds. The number of hydrogen-bond acceptors (Lipinski definition) is 4. The maximum absolute atomic E-state index is 11.1. The zero-order valence-electron chi connectivity index (χ0n) is 10.2. The summed E-state index contributed by atoms with van der Waals surface area (Å²) in [7, 11) is 0. The highest BCUT2D eigenvalue weighted by Gasteiger charge is 2.29. The average molecular weight is 247 g/mol. The highest BCUT2D eigenvalue weighted by atomic mass is 16.8. The first-order chi connectivity index (χ1) is 8.75. The maximum Gasteiger partial charge on any atom is 0.248 e. The molecule has 2 aliphatic rings. The highest BCUT2D eigenvalue weighted by Crippen LogP contribution is 2.37. The number of primary amides is 1. The van der Waals surface area contributed by atoms with Crippen LogP contribution in [0.2, 0.25) is 0 Å². The van der Waals surface area contributed by atoms with Crippen molar-refractivity contribution in [3.05, 3.63) is 23.8 Å². The number of carbonyl (C=O) groups is 1. The average Bonchev–Trinajstić information content (AvgIpc) is 2.82. The summed E-state index contributed by atoms with van der Waals surface area (Å²) in [4.78, 5) is 16.7. The number of nitrogens with one attached hydrogen (secondary N) is 1. The molecule has 5 nitrogen and oxygen atoms in total. The molecule has 0 aromatic heterocycles. The monoisotopic (exact) mass is 247 g/mol. The van der Waals surface area contributed by atoms with Crippen LogP contribution in [0.5, 0.6) is 0 Å². The molecule has 1 saturated carbocycles. The Kier molecular flexibility index (Phi) is 2.83. The van der Waals surface area contributed by atoms with Crippen LogP contribution in [0.3, 0.4) is 0 Å². The Morgan fingerprint density at radius 3 is 2.83 bits per heavy atom. The number of amides is 1. The third kappa shape index (κ3) is 1.90. The molecule has 1 aliphatic heterocycles. The minimum Gasteiger partial charge on any atom is -0.366 e. The van der Waals surface area contributed by atoms with Gasteiger partial charge in [-0.1, -0.05) is 19.3 Å². The van der Waals surface area contributed by atoms with Crippen LogP contribution in [0, 0.1) is 0 Å². The first kappa shape index (κ1) is 11.3. The molecule has 0 atom stereocenters. The Labute approximate surface area is 106 Å². The summed E-state index contributed by atoms with van der Waals surface area (Å²) >= 11 is 0. The summed E-state index contributed by atoms with van der Waals surface area (Å²) in [6.45, 7) is 0. The van der Waals surface area contributed by atoms with Gasteiger partial charge in [-0.25, -0.2) is 10.5 Å². The van der Waals surface area contributed by atoms with Gasteiger partial charge in [0.25, 0.3) is 0 Å². The van der Waals surface area contributed by atoms with E-state index in [4.69, 9.17) is 10.7 Å². The summed E-state index contributed by atoms with van der Waals surface area (Å²) in [5.74, 6) is -0.421. The lowest BCUT2D eigenvalue weighted by atomic mass is 9.95. The van der Waals surface area contributed by atoms with Gasteiger partial charge in [-0.3, -0.25) is 4.79 Å². The van der Waals surface area contributed by atoms with Gasteiger partial charge in [0.2, 0.25) is 5.91 Å². The largest absolute Gasteiger partial charge is 0.366 e. The van der Waals surface area contributed by atoms with Crippen molar-refractivity contribution < 1.29 is 9.73 Å². The fourth-order valence-corrected chi connectivity index (χ4v) is 2.70. The molecule has 1 aliphatic carbocycles. The van der Waals surface area contributed by atoms with Gasteiger partial charge >= 0.3 is 0 Å². The van der Waals surface area contributed by atoms with Crippen LogP contribution in [0.15, 0.2) is 18.2 Å². The van der Waals surface area contributed by atoms with Crippen LogP contribution >= 0.6 is 0 Å². The number of carbonyl (C=O) groups excluding carboxylic acids is 1. The lowest BCUT2D eigenvalue weighted by Gasteiger charge is -2.29. The Morgan fingerprint density at radius 2 is 2.11 bits per heavy atom. The van der Waals surface area contributed by atoms with Gasteiger partial charge in [-0.15, -0.1) is 0 Å². The van der Waals surface area contributed by atoms with Crippen molar-refractivity contribution in [2.24, 2.45) is 5.73 Å². The van der Waals surface area contributed by atoms with Crippen molar-refractivity contribution in [1.29, 1.82) is 0 Å². The van der Waals surface area contributed by atoms with Crippen molar-refractivity contribution in [2.75, 3.05) is 10.5 Å². The van der Waals surface area contributed by atoms with E-state index in [1.54, 1.807) is 12.1 Å². The van der Waals surface area contributed by atoms with Crippen molar-refractivity contribution >= 4 is 17.3 Å². The highest BCUT2D eigenvalue weighted by molar-refractivity contribution is 5.95. The molecule has 1 aromatic carbocycles. The molecule has 96 valence electrons. The molecular formula is C13H17N3O2. The molecule has 3 N–H and O–H groups in total. The first-order valence-electron chi connectivity index (χ1n) is 6.42. The van der Waals surface area contributed by atoms with E-state index in [1.807, 2.05) is 11.1 Å². The van der Waals surface area contributed by atoms with Crippen molar-refractivity contribution in [1.82, 2.24) is 0 Å². The zero-order chi connectivity index (χ0) is 12.5. The smallest absolute Gasteiger partial charge is 0.248 e. The minimum atomic E-state index is -0.421.